The summed E-state index contributed by atoms with van der Waals surface area (Å²) < 4.78 is 16.5. The molecule has 166 valence electrons. The minimum atomic E-state index is -0.327. The highest BCUT2D eigenvalue weighted by molar-refractivity contribution is 5.94. The van der Waals surface area contributed by atoms with E-state index in [2.05, 4.69) is 5.32 Å². The van der Waals surface area contributed by atoms with Crippen molar-refractivity contribution in [1.29, 1.82) is 0 Å². The van der Waals surface area contributed by atoms with Gasteiger partial charge in [0.25, 0.3) is 5.91 Å². The zero-order chi connectivity index (χ0) is 22.1. The van der Waals surface area contributed by atoms with E-state index in [1.165, 1.54) is 0 Å². The number of amides is 2. The Morgan fingerprint density at radius 2 is 1.65 bits per heavy atom. The van der Waals surface area contributed by atoms with Crippen LogP contribution in [0.1, 0.15) is 37.0 Å². The number of hydrogen-bond acceptors (Lipinski definition) is 5. The number of piperidine rings is 1. The molecular formula is C24H30N2O5. The van der Waals surface area contributed by atoms with Crippen LogP contribution in [-0.4, -0.2) is 49.7 Å². The third kappa shape index (κ3) is 6.38. The molecule has 0 atom stereocenters. The van der Waals surface area contributed by atoms with Gasteiger partial charge in [-0.3, -0.25) is 4.79 Å². The highest BCUT2D eigenvalue weighted by atomic mass is 16.6. The summed E-state index contributed by atoms with van der Waals surface area (Å²) in [5.41, 5.74) is 0.538. The fraction of sp³-hybridized carbons (Fsp3) is 0.417. The molecule has 3 rings (SSSR count). The SMILES string of the molecule is CCOc1ccc(C(=O)NCC2CCN(C(=O)Oc3ccccc3)CC2)cc1OCC. The van der Waals surface area contributed by atoms with Gasteiger partial charge in [0, 0.05) is 25.2 Å². The molecule has 0 aromatic heterocycles. The van der Waals surface area contributed by atoms with Crippen molar-refractivity contribution in [2.45, 2.75) is 26.7 Å². The Bertz CT molecular complexity index is 864. The normalized spacial score (nSPS) is 14.1. The van der Waals surface area contributed by atoms with Crippen molar-refractivity contribution in [3.05, 3.63) is 54.1 Å². The Kier molecular flexibility index (Phi) is 8.15. The van der Waals surface area contributed by atoms with Gasteiger partial charge in [0.15, 0.2) is 11.5 Å². The van der Waals surface area contributed by atoms with Crippen molar-refractivity contribution in [3.63, 3.8) is 0 Å². The first-order valence-electron chi connectivity index (χ1n) is 10.8. The van der Waals surface area contributed by atoms with Crippen molar-refractivity contribution in [2.75, 3.05) is 32.8 Å². The van der Waals surface area contributed by atoms with Crippen LogP contribution in [0.2, 0.25) is 0 Å². The predicted octanol–water partition coefficient (Wildman–Crippen LogP) is 4.12. The quantitative estimate of drug-likeness (QED) is 0.687. The number of nitrogens with one attached hydrogen (secondary N) is 1. The van der Waals surface area contributed by atoms with Crippen LogP contribution in [0, 0.1) is 5.92 Å². The average Bonchev–Trinajstić information content (AvgIpc) is 2.80. The standard InChI is InChI=1S/C24H30N2O5/c1-3-29-21-11-10-19(16-22(21)30-4-2)23(27)25-17-18-12-14-26(15-13-18)24(28)31-20-8-6-5-7-9-20/h5-11,16,18H,3-4,12-15,17H2,1-2H3,(H,25,27). The van der Waals surface area contributed by atoms with Gasteiger partial charge in [-0.05, 0) is 62.9 Å². The maximum absolute atomic E-state index is 12.6. The summed E-state index contributed by atoms with van der Waals surface area (Å²) in [5, 5.41) is 3.00. The molecule has 0 aliphatic carbocycles. The fourth-order valence-corrected chi connectivity index (χ4v) is 3.51. The summed E-state index contributed by atoms with van der Waals surface area (Å²) in [5.74, 6) is 1.93. The van der Waals surface area contributed by atoms with Crippen molar-refractivity contribution in [2.24, 2.45) is 5.92 Å². The maximum atomic E-state index is 12.6. The molecule has 0 spiro atoms. The van der Waals surface area contributed by atoms with E-state index in [0.29, 0.717) is 61.6 Å². The first kappa shape index (κ1) is 22.5. The maximum Gasteiger partial charge on any atom is 0.415 e. The molecule has 1 aliphatic rings. The van der Waals surface area contributed by atoms with Gasteiger partial charge in [-0.15, -0.1) is 0 Å². The van der Waals surface area contributed by atoms with Crippen LogP contribution in [-0.2, 0) is 0 Å². The van der Waals surface area contributed by atoms with Crippen LogP contribution in [0.5, 0.6) is 17.2 Å². The van der Waals surface area contributed by atoms with Crippen molar-refractivity contribution in [1.82, 2.24) is 10.2 Å². The second-order valence-corrected chi connectivity index (χ2v) is 7.35. The monoisotopic (exact) mass is 426 g/mol. The molecule has 0 saturated carbocycles. The predicted molar refractivity (Wildman–Crippen MR) is 118 cm³/mol. The number of para-hydroxylation sites is 1. The number of benzene rings is 2. The van der Waals surface area contributed by atoms with E-state index in [4.69, 9.17) is 14.2 Å². The van der Waals surface area contributed by atoms with E-state index >= 15 is 0 Å². The number of nitrogens with zero attached hydrogens (tertiary/aromatic N) is 1. The summed E-state index contributed by atoms with van der Waals surface area (Å²) in [6.07, 6.45) is 1.31. The number of rotatable bonds is 8. The van der Waals surface area contributed by atoms with Crippen LogP contribution < -0.4 is 19.5 Å². The molecule has 2 aromatic carbocycles. The lowest BCUT2D eigenvalue weighted by Gasteiger charge is -2.31. The molecule has 1 N–H and O–H groups in total. The molecule has 1 fully saturated rings. The molecule has 2 aromatic rings. The van der Waals surface area contributed by atoms with Gasteiger partial charge in [0.1, 0.15) is 5.75 Å². The third-order valence-corrected chi connectivity index (χ3v) is 5.18. The molecule has 1 saturated heterocycles. The number of hydrogen-bond donors (Lipinski definition) is 1. The van der Waals surface area contributed by atoms with Gasteiger partial charge < -0.3 is 24.4 Å². The van der Waals surface area contributed by atoms with E-state index in [1.807, 2.05) is 32.0 Å². The Hall–Kier alpha value is -3.22. The van der Waals surface area contributed by atoms with Gasteiger partial charge >= 0.3 is 6.09 Å². The van der Waals surface area contributed by atoms with Crippen LogP contribution in [0.25, 0.3) is 0 Å². The van der Waals surface area contributed by atoms with Gasteiger partial charge in [-0.2, -0.15) is 0 Å². The molecule has 0 unspecified atom stereocenters. The number of ether oxygens (including phenoxy) is 3. The van der Waals surface area contributed by atoms with Crippen LogP contribution >= 0.6 is 0 Å². The second-order valence-electron chi connectivity index (χ2n) is 7.35. The minimum Gasteiger partial charge on any atom is -0.490 e. The lowest BCUT2D eigenvalue weighted by molar-refractivity contribution is 0.0931. The zero-order valence-electron chi connectivity index (χ0n) is 18.1. The Morgan fingerprint density at radius 1 is 0.968 bits per heavy atom. The van der Waals surface area contributed by atoms with Gasteiger partial charge in [0.05, 0.1) is 13.2 Å². The molecule has 0 radical (unpaired) electrons. The van der Waals surface area contributed by atoms with E-state index in [9.17, 15) is 9.59 Å². The molecule has 7 nitrogen and oxygen atoms in total. The molecule has 1 aliphatic heterocycles. The van der Waals surface area contributed by atoms with E-state index < -0.39 is 0 Å². The summed E-state index contributed by atoms with van der Waals surface area (Å²) in [4.78, 5) is 26.6. The topological polar surface area (TPSA) is 77.1 Å². The van der Waals surface area contributed by atoms with Crippen molar-refractivity contribution < 1.29 is 23.8 Å². The first-order valence-corrected chi connectivity index (χ1v) is 10.8. The fourth-order valence-electron chi connectivity index (χ4n) is 3.51. The molecule has 2 amide bonds. The summed E-state index contributed by atoms with van der Waals surface area (Å²) in [6, 6.07) is 14.3. The lowest BCUT2D eigenvalue weighted by Crippen LogP contribution is -2.42. The van der Waals surface area contributed by atoms with Crippen LogP contribution in [0.15, 0.2) is 48.5 Å². The molecule has 31 heavy (non-hydrogen) atoms. The summed E-state index contributed by atoms with van der Waals surface area (Å²) in [6.45, 7) is 6.62. The van der Waals surface area contributed by atoms with Gasteiger partial charge in [0.2, 0.25) is 0 Å². The van der Waals surface area contributed by atoms with Crippen molar-refractivity contribution in [3.8, 4) is 17.2 Å². The van der Waals surface area contributed by atoms with E-state index in [0.717, 1.165) is 12.8 Å². The number of carbonyl (C=O) groups is 2. The average molecular weight is 427 g/mol. The highest BCUT2D eigenvalue weighted by Crippen LogP contribution is 2.28. The van der Waals surface area contributed by atoms with E-state index in [1.54, 1.807) is 35.2 Å². The summed E-state index contributed by atoms with van der Waals surface area (Å²) >= 11 is 0. The van der Waals surface area contributed by atoms with Crippen molar-refractivity contribution >= 4 is 12.0 Å². The highest BCUT2D eigenvalue weighted by Gasteiger charge is 2.24. The third-order valence-electron chi connectivity index (χ3n) is 5.18. The Labute approximate surface area is 183 Å². The lowest BCUT2D eigenvalue weighted by atomic mass is 9.97. The smallest absolute Gasteiger partial charge is 0.415 e. The minimum absolute atomic E-state index is 0.144. The molecule has 7 heteroatoms. The molecular weight excluding hydrogens is 396 g/mol. The Balaban J connectivity index is 1.46. The first-order chi connectivity index (χ1) is 15.1. The largest absolute Gasteiger partial charge is 0.490 e. The molecule has 0 bridgehead atoms. The number of likely N-dealkylation sites (tertiary alicyclic amines) is 1. The second kappa shape index (κ2) is 11.2. The zero-order valence-corrected chi connectivity index (χ0v) is 18.1. The van der Waals surface area contributed by atoms with E-state index in [-0.39, 0.29) is 12.0 Å². The number of carbonyl (C=O) groups excluding carboxylic acids is 2. The summed E-state index contributed by atoms with van der Waals surface area (Å²) in [7, 11) is 0. The van der Waals surface area contributed by atoms with Crippen LogP contribution in [0.4, 0.5) is 4.79 Å². The van der Waals surface area contributed by atoms with Gasteiger partial charge in [-0.1, -0.05) is 18.2 Å². The van der Waals surface area contributed by atoms with Crippen LogP contribution in [0.3, 0.4) is 0 Å². The Morgan fingerprint density at radius 3 is 2.32 bits per heavy atom. The molecule has 1 heterocycles. The van der Waals surface area contributed by atoms with Gasteiger partial charge in [-0.25, -0.2) is 4.79 Å².